The van der Waals surface area contributed by atoms with Crippen molar-refractivity contribution in [2.75, 3.05) is 40.0 Å². The van der Waals surface area contributed by atoms with Gasteiger partial charge in [0.05, 0.1) is 13.2 Å². The van der Waals surface area contributed by atoms with Gasteiger partial charge >= 0.3 is 0 Å². The first kappa shape index (κ1) is 14.4. The molecule has 17 heavy (non-hydrogen) atoms. The summed E-state index contributed by atoms with van der Waals surface area (Å²) in [4.78, 5) is 13.7. The molecule has 1 aliphatic rings. The Kier molecular flexibility index (Phi) is 7.16. The molecule has 100 valence electrons. The van der Waals surface area contributed by atoms with E-state index in [1.54, 1.807) is 7.11 Å². The fourth-order valence-electron chi connectivity index (χ4n) is 2.16. The standard InChI is InChI=1S/C12H24N2O3/c1-17-8-4-6-13-12(16)9-14-7-3-2-5-11(14)10-15/h11,15H,2-10H2,1H3,(H,13,16). The second kappa shape index (κ2) is 8.44. The number of rotatable bonds is 7. The summed E-state index contributed by atoms with van der Waals surface area (Å²) >= 11 is 0. The van der Waals surface area contributed by atoms with Crippen LogP contribution >= 0.6 is 0 Å². The minimum Gasteiger partial charge on any atom is -0.395 e. The highest BCUT2D eigenvalue weighted by Gasteiger charge is 2.23. The van der Waals surface area contributed by atoms with Crippen LogP contribution in [0.4, 0.5) is 0 Å². The Bertz CT molecular complexity index is 224. The van der Waals surface area contributed by atoms with Gasteiger partial charge in [-0.05, 0) is 25.8 Å². The van der Waals surface area contributed by atoms with E-state index in [-0.39, 0.29) is 18.6 Å². The number of carbonyl (C=O) groups excluding carboxylic acids is 1. The van der Waals surface area contributed by atoms with Gasteiger partial charge in [0.15, 0.2) is 0 Å². The van der Waals surface area contributed by atoms with Crippen LogP contribution in [-0.4, -0.2) is 61.9 Å². The van der Waals surface area contributed by atoms with Crippen LogP contribution in [0.3, 0.4) is 0 Å². The molecule has 0 bridgehead atoms. The Balaban J connectivity index is 2.19. The van der Waals surface area contributed by atoms with E-state index < -0.39 is 0 Å². The molecule has 0 saturated carbocycles. The molecule has 1 aliphatic heterocycles. The van der Waals surface area contributed by atoms with Crippen molar-refractivity contribution < 1.29 is 14.6 Å². The number of methoxy groups -OCH3 is 1. The third kappa shape index (κ3) is 5.48. The largest absolute Gasteiger partial charge is 0.395 e. The quantitative estimate of drug-likeness (QED) is 0.618. The van der Waals surface area contributed by atoms with Crippen LogP contribution < -0.4 is 5.32 Å². The maximum atomic E-state index is 11.7. The molecule has 0 spiro atoms. The van der Waals surface area contributed by atoms with Crippen LogP contribution in [0.25, 0.3) is 0 Å². The second-order valence-electron chi connectivity index (χ2n) is 4.50. The number of hydrogen-bond acceptors (Lipinski definition) is 4. The van der Waals surface area contributed by atoms with Crippen molar-refractivity contribution in [1.82, 2.24) is 10.2 Å². The van der Waals surface area contributed by atoms with Crippen LogP contribution in [0.15, 0.2) is 0 Å². The normalized spacial score (nSPS) is 21.4. The zero-order valence-electron chi connectivity index (χ0n) is 10.7. The molecule has 5 nitrogen and oxygen atoms in total. The summed E-state index contributed by atoms with van der Waals surface area (Å²) in [6.45, 7) is 2.79. The number of aliphatic hydroxyl groups is 1. The van der Waals surface area contributed by atoms with E-state index in [9.17, 15) is 9.90 Å². The van der Waals surface area contributed by atoms with E-state index in [0.29, 0.717) is 19.7 Å². The van der Waals surface area contributed by atoms with Crippen molar-refractivity contribution in [3.63, 3.8) is 0 Å². The van der Waals surface area contributed by atoms with Crippen LogP contribution in [-0.2, 0) is 9.53 Å². The van der Waals surface area contributed by atoms with E-state index >= 15 is 0 Å². The number of hydrogen-bond donors (Lipinski definition) is 2. The molecule has 0 aromatic carbocycles. The number of nitrogens with one attached hydrogen (secondary N) is 1. The van der Waals surface area contributed by atoms with Crippen molar-refractivity contribution in [3.05, 3.63) is 0 Å². The molecule has 1 saturated heterocycles. The molecule has 1 amide bonds. The highest BCUT2D eigenvalue weighted by molar-refractivity contribution is 5.78. The van der Waals surface area contributed by atoms with Crippen molar-refractivity contribution in [3.8, 4) is 0 Å². The number of likely N-dealkylation sites (tertiary alicyclic amines) is 1. The molecule has 0 radical (unpaired) electrons. The van der Waals surface area contributed by atoms with E-state index in [1.165, 1.54) is 0 Å². The van der Waals surface area contributed by atoms with Crippen LogP contribution in [0, 0.1) is 0 Å². The second-order valence-corrected chi connectivity index (χ2v) is 4.50. The first-order valence-corrected chi connectivity index (χ1v) is 6.38. The van der Waals surface area contributed by atoms with Gasteiger partial charge in [0.1, 0.15) is 0 Å². The van der Waals surface area contributed by atoms with E-state index in [4.69, 9.17) is 4.74 Å². The van der Waals surface area contributed by atoms with Gasteiger partial charge in [-0.1, -0.05) is 6.42 Å². The molecule has 1 atom stereocenters. The summed E-state index contributed by atoms with van der Waals surface area (Å²) in [7, 11) is 1.65. The van der Waals surface area contributed by atoms with Gasteiger partial charge in [-0.25, -0.2) is 0 Å². The zero-order valence-corrected chi connectivity index (χ0v) is 10.7. The number of ether oxygens (including phenoxy) is 1. The SMILES string of the molecule is COCCCNC(=O)CN1CCCCC1CO. The van der Waals surface area contributed by atoms with Gasteiger partial charge in [0.25, 0.3) is 0 Å². The molecule has 2 N–H and O–H groups in total. The highest BCUT2D eigenvalue weighted by atomic mass is 16.5. The monoisotopic (exact) mass is 244 g/mol. The lowest BCUT2D eigenvalue weighted by Gasteiger charge is -2.33. The summed E-state index contributed by atoms with van der Waals surface area (Å²) < 4.78 is 4.91. The Morgan fingerprint density at radius 1 is 1.53 bits per heavy atom. The molecule has 0 aliphatic carbocycles. The lowest BCUT2D eigenvalue weighted by Crippen LogP contribution is -2.47. The molecular formula is C12H24N2O3. The average Bonchev–Trinajstić information content (AvgIpc) is 2.35. The fraction of sp³-hybridized carbons (Fsp3) is 0.917. The maximum Gasteiger partial charge on any atom is 0.234 e. The third-order valence-corrected chi connectivity index (χ3v) is 3.15. The summed E-state index contributed by atoms with van der Waals surface area (Å²) in [5.74, 6) is 0.0430. The van der Waals surface area contributed by atoms with Gasteiger partial charge in [-0.2, -0.15) is 0 Å². The minimum atomic E-state index is 0.0430. The summed E-state index contributed by atoms with van der Waals surface area (Å²) in [6, 6.07) is 0.161. The molecular weight excluding hydrogens is 220 g/mol. The predicted molar refractivity (Wildman–Crippen MR) is 65.8 cm³/mol. The van der Waals surface area contributed by atoms with Gasteiger partial charge in [-0.3, -0.25) is 9.69 Å². The molecule has 0 aromatic rings. The van der Waals surface area contributed by atoms with Crippen LogP contribution in [0.1, 0.15) is 25.7 Å². The first-order chi connectivity index (χ1) is 8.27. The van der Waals surface area contributed by atoms with Gasteiger partial charge in [-0.15, -0.1) is 0 Å². The molecule has 5 heteroatoms. The fourth-order valence-corrected chi connectivity index (χ4v) is 2.16. The van der Waals surface area contributed by atoms with Crippen molar-refractivity contribution >= 4 is 5.91 Å². The number of nitrogens with zero attached hydrogens (tertiary/aromatic N) is 1. The molecule has 1 unspecified atom stereocenters. The Morgan fingerprint density at radius 3 is 3.06 bits per heavy atom. The van der Waals surface area contributed by atoms with E-state index in [1.807, 2.05) is 0 Å². The summed E-state index contributed by atoms with van der Waals surface area (Å²) in [5, 5.41) is 12.1. The molecule has 1 rings (SSSR count). The number of amides is 1. The lowest BCUT2D eigenvalue weighted by atomic mass is 10.0. The topological polar surface area (TPSA) is 61.8 Å². The Hall–Kier alpha value is -0.650. The smallest absolute Gasteiger partial charge is 0.234 e. The predicted octanol–water partition coefficient (Wildman–Crippen LogP) is -0.0141. The lowest BCUT2D eigenvalue weighted by molar-refractivity contribution is -0.123. The maximum absolute atomic E-state index is 11.7. The molecule has 1 fully saturated rings. The van der Waals surface area contributed by atoms with E-state index in [0.717, 1.165) is 32.2 Å². The third-order valence-electron chi connectivity index (χ3n) is 3.15. The minimum absolute atomic E-state index is 0.0430. The van der Waals surface area contributed by atoms with Crippen LogP contribution in [0.2, 0.25) is 0 Å². The zero-order chi connectivity index (χ0) is 12.5. The highest BCUT2D eigenvalue weighted by Crippen LogP contribution is 2.15. The van der Waals surface area contributed by atoms with Gasteiger partial charge in [0.2, 0.25) is 5.91 Å². The van der Waals surface area contributed by atoms with Crippen molar-refractivity contribution in [2.24, 2.45) is 0 Å². The van der Waals surface area contributed by atoms with Gasteiger partial charge in [0, 0.05) is 26.3 Å². The van der Waals surface area contributed by atoms with Gasteiger partial charge < -0.3 is 15.2 Å². The molecule has 1 heterocycles. The van der Waals surface area contributed by atoms with Crippen LogP contribution in [0.5, 0.6) is 0 Å². The van der Waals surface area contributed by atoms with E-state index in [2.05, 4.69) is 10.2 Å². The number of aliphatic hydroxyl groups excluding tert-OH is 1. The number of carbonyl (C=O) groups is 1. The summed E-state index contributed by atoms with van der Waals surface area (Å²) in [5.41, 5.74) is 0. The first-order valence-electron chi connectivity index (χ1n) is 6.38. The Labute approximate surface area is 103 Å². The van der Waals surface area contributed by atoms with Crippen molar-refractivity contribution in [2.45, 2.75) is 31.7 Å². The Morgan fingerprint density at radius 2 is 2.35 bits per heavy atom. The van der Waals surface area contributed by atoms with Crippen molar-refractivity contribution in [1.29, 1.82) is 0 Å². The average molecular weight is 244 g/mol. The number of piperidine rings is 1. The summed E-state index contributed by atoms with van der Waals surface area (Å²) in [6.07, 6.45) is 4.10. The molecule has 0 aromatic heterocycles.